The van der Waals surface area contributed by atoms with Crippen molar-refractivity contribution < 1.29 is 24.2 Å². The first-order valence-electron chi connectivity index (χ1n) is 14.0. The van der Waals surface area contributed by atoms with Gasteiger partial charge in [0.05, 0.1) is 11.5 Å². The molecule has 3 atom stereocenters. The molecule has 0 spiro atoms. The van der Waals surface area contributed by atoms with Crippen molar-refractivity contribution in [2.45, 2.75) is 50.9 Å². The van der Waals surface area contributed by atoms with E-state index in [0.717, 1.165) is 17.5 Å². The fourth-order valence-corrected chi connectivity index (χ4v) is 6.37. The fourth-order valence-electron chi connectivity index (χ4n) is 6.11. The highest BCUT2D eigenvalue weighted by atomic mass is 35.5. The molecule has 8 nitrogen and oxygen atoms in total. The molecular weight excluding hydrogens is 542 g/mol. The molecule has 5 rings (SSSR count). The van der Waals surface area contributed by atoms with Gasteiger partial charge in [-0.25, -0.2) is 4.79 Å². The molecule has 1 heterocycles. The Balaban J connectivity index is 1.46. The SMILES string of the molecule is CC(C)(C)OC(=O)NCC1C=CC(Cl)=CC1(CNC(=O)C1(O)c2ccccc2-c2ccccc21)C(=O)[C@@H]1CCCN1. The number of rotatable bonds is 7. The highest BCUT2D eigenvalue weighted by molar-refractivity contribution is 6.31. The number of amides is 2. The molecule has 3 aliphatic rings. The number of ether oxygens (including phenoxy) is 1. The van der Waals surface area contributed by atoms with Gasteiger partial charge in [-0.15, -0.1) is 0 Å². The van der Waals surface area contributed by atoms with E-state index in [4.69, 9.17) is 16.3 Å². The van der Waals surface area contributed by atoms with Crippen molar-refractivity contribution in [3.8, 4) is 11.1 Å². The van der Waals surface area contributed by atoms with Gasteiger partial charge in [-0.1, -0.05) is 66.2 Å². The predicted octanol–water partition coefficient (Wildman–Crippen LogP) is 4.16. The van der Waals surface area contributed by atoms with E-state index in [1.807, 2.05) is 24.3 Å². The van der Waals surface area contributed by atoms with E-state index in [1.54, 1.807) is 63.3 Å². The van der Waals surface area contributed by atoms with Crippen LogP contribution in [0.25, 0.3) is 11.1 Å². The standard InChI is InChI=1S/C32H36ClN3O5/c1-30(2,3)41-29(39)35-18-20-14-15-21(33)17-31(20,27(37)26-13-8-16-34-26)19-36-28(38)32(40)24-11-6-4-9-22(24)23-10-5-7-12-25(23)32/h4-7,9-12,14-15,17,20,26,34,40H,8,13,16,18-19H2,1-3H3,(H,35,39)(H,36,38)/t20?,26-,31?/m0/s1. The average Bonchev–Trinajstić information content (AvgIpc) is 3.56. The number of alkyl carbamates (subject to hydrolysis) is 1. The maximum atomic E-state index is 14.2. The number of fused-ring (bicyclic) bond motifs is 3. The lowest BCUT2D eigenvalue weighted by Gasteiger charge is -2.40. The number of halogens is 1. The molecule has 2 aliphatic carbocycles. The fraction of sp³-hybridized carbons (Fsp3) is 0.406. The lowest BCUT2D eigenvalue weighted by molar-refractivity contribution is -0.138. The minimum absolute atomic E-state index is 0.0797. The monoisotopic (exact) mass is 577 g/mol. The van der Waals surface area contributed by atoms with E-state index < -0.39 is 40.6 Å². The molecule has 0 radical (unpaired) electrons. The third kappa shape index (κ3) is 5.44. The van der Waals surface area contributed by atoms with Crippen LogP contribution in [-0.4, -0.2) is 54.2 Å². The van der Waals surface area contributed by atoms with Gasteiger partial charge < -0.3 is 25.8 Å². The van der Waals surface area contributed by atoms with E-state index in [1.165, 1.54) is 0 Å². The number of carbonyl (C=O) groups is 3. The highest BCUT2D eigenvalue weighted by Gasteiger charge is 2.51. The van der Waals surface area contributed by atoms with Crippen molar-refractivity contribution in [3.05, 3.63) is 82.9 Å². The topological polar surface area (TPSA) is 117 Å². The van der Waals surface area contributed by atoms with Crippen LogP contribution >= 0.6 is 11.6 Å². The van der Waals surface area contributed by atoms with Crippen molar-refractivity contribution in [1.29, 1.82) is 0 Å². The minimum Gasteiger partial charge on any atom is -0.444 e. The van der Waals surface area contributed by atoms with Crippen molar-refractivity contribution in [2.24, 2.45) is 11.3 Å². The van der Waals surface area contributed by atoms with Gasteiger partial charge in [-0.2, -0.15) is 0 Å². The van der Waals surface area contributed by atoms with Crippen LogP contribution in [0.1, 0.15) is 44.7 Å². The zero-order valence-electron chi connectivity index (χ0n) is 23.5. The summed E-state index contributed by atoms with van der Waals surface area (Å²) in [6.07, 6.45) is 6.03. The maximum absolute atomic E-state index is 14.2. The molecule has 2 aromatic carbocycles. The Morgan fingerprint density at radius 3 is 2.27 bits per heavy atom. The van der Waals surface area contributed by atoms with E-state index in [2.05, 4.69) is 16.0 Å². The normalized spacial score (nSPS) is 24.2. The molecule has 9 heteroatoms. The third-order valence-electron chi connectivity index (χ3n) is 8.04. The second-order valence-electron chi connectivity index (χ2n) is 11.9. The molecule has 1 fully saturated rings. The summed E-state index contributed by atoms with van der Waals surface area (Å²) < 4.78 is 5.41. The zero-order chi connectivity index (χ0) is 29.4. The molecule has 2 aromatic rings. The summed E-state index contributed by atoms with van der Waals surface area (Å²) in [6, 6.07) is 14.1. The van der Waals surface area contributed by atoms with Crippen molar-refractivity contribution in [2.75, 3.05) is 19.6 Å². The molecule has 216 valence electrons. The number of ketones is 1. The number of benzene rings is 2. The van der Waals surface area contributed by atoms with Crippen LogP contribution in [0.2, 0.25) is 0 Å². The number of aliphatic hydroxyl groups is 1. The summed E-state index contributed by atoms with van der Waals surface area (Å²) >= 11 is 6.50. The first-order chi connectivity index (χ1) is 19.5. The summed E-state index contributed by atoms with van der Waals surface area (Å²) in [5, 5.41) is 21.3. The van der Waals surface area contributed by atoms with E-state index >= 15 is 0 Å². The van der Waals surface area contributed by atoms with Crippen LogP contribution in [0.15, 0.2) is 71.8 Å². The summed E-state index contributed by atoms with van der Waals surface area (Å²) in [5.74, 6) is -1.31. The van der Waals surface area contributed by atoms with Gasteiger partial charge in [-0.05, 0) is 63.4 Å². The molecular formula is C32H36ClN3O5. The summed E-state index contributed by atoms with van der Waals surface area (Å²) in [5.41, 5.74) is -1.38. The first kappa shape index (κ1) is 29.0. The van der Waals surface area contributed by atoms with Gasteiger partial charge in [0.2, 0.25) is 0 Å². The van der Waals surface area contributed by atoms with Crippen LogP contribution in [0.4, 0.5) is 4.79 Å². The van der Waals surface area contributed by atoms with Crippen LogP contribution in [-0.2, 0) is 19.9 Å². The number of hydrogen-bond acceptors (Lipinski definition) is 6. The third-order valence-corrected chi connectivity index (χ3v) is 8.27. The number of allylic oxidation sites excluding steroid dienone is 2. The van der Waals surface area contributed by atoms with Gasteiger partial charge in [0.1, 0.15) is 5.60 Å². The van der Waals surface area contributed by atoms with Gasteiger partial charge in [0.15, 0.2) is 11.4 Å². The Hall–Kier alpha value is -3.46. The summed E-state index contributed by atoms with van der Waals surface area (Å²) in [6.45, 7) is 5.98. The molecule has 1 saturated heterocycles. The van der Waals surface area contributed by atoms with Crippen LogP contribution in [0, 0.1) is 11.3 Å². The van der Waals surface area contributed by atoms with Gasteiger partial charge >= 0.3 is 6.09 Å². The minimum atomic E-state index is -1.94. The predicted molar refractivity (Wildman–Crippen MR) is 157 cm³/mol. The Kier molecular flexibility index (Phi) is 7.85. The lowest BCUT2D eigenvalue weighted by Crippen LogP contribution is -2.57. The Labute approximate surface area is 245 Å². The molecule has 1 aliphatic heterocycles. The highest BCUT2D eigenvalue weighted by Crippen LogP contribution is 2.48. The van der Waals surface area contributed by atoms with Gasteiger partial charge in [0.25, 0.3) is 5.91 Å². The second-order valence-corrected chi connectivity index (χ2v) is 12.4. The molecule has 2 amide bonds. The zero-order valence-corrected chi connectivity index (χ0v) is 24.3. The lowest BCUT2D eigenvalue weighted by atomic mass is 9.67. The Bertz CT molecular complexity index is 1380. The number of carbonyl (C=O) groups excluding carboxylic acids is 3. The maximum Gasteiger partial charge on any atom is 0.407 e. The Morgan fingerprint density at radius 2 is 1.68 bits per heavy atom. The average molecular weight is 578 g/mol. The largest absolute Gasteiger partial charge is 0.444 e. The second kappa shape index (κ2) is 11.1. The molecule has 0 bridgehead atoms. The van der Waals surface area contributed by atoms with E-state index in [-0.39, 0.29) is 18.9 Å². The van der Waals surface area contributed by atoms with E-state index in [0.29, 0.717) is 29.1 Å². The van der Waals surface area contributed by atoms with E-state index in [9.17, 15) is 19.5 Å². The molecule has 2 unspecified atom stereocenters. The number of nitrogens with one attached hydrogen (secondary N) is 3. The molecule has 4 N–H and O–H groups in total. The van der Waals surface area contributed by atoms with Crippen molar-refractivity contribution >= 4 is 29.4 Å². The number of Topliss-reactive ketones (excluding diaryl/α,β-unsaturated/α-hetero) is 1. The number of hydrogen-bond donors (Lipinski definition) is 4. The van der Waals surface area contributed by atoms with Crippen LogP contribution in [0.3, 0.4) is 0 Å². The quantitative estimate of drug-likeness (QED) is 0.393. The van der Waals surface area contributed by atoms with Crippen molar-refractivity contribution in [1.82, 2.24) is 16.0 Å². The van der Waals surface area contributed by atoms with Crippen LogP contribution < -0.4 is 16.0 Å². The molecule has 0 saturated carbocycles. The first-order valence-corrected chi connectivity index (χ1v) is 14.3. The van der Waals surface area contributed by atoms with Gasteiger partial charge in [-0.3, -0.25) is 9.59 Å². The summed E-state index contributed by atoms with van der Waals surface area (Å²) in [7, 11) is 0. The van der Waals surface area contributed by atoms with Gasteiger partial charge in [0, 0.05) is 35.2 Å². The van der Waals surface area contributed by atoms with Crippen LogP contribution in [0.5, 0.6) is 0 Å². The smallest absolute Gasteiger partial charge is 0.407 e. The Morgan fingerprint density at radius 1 is 1.05 bits per heavy atom. The summed E-state index contributed by atoms with van der Waals surface area (Å²) in [4.78, 5) is 40.7. The molecule has 41 heavy (non-hydrogen) atoms. The molecule has 0 aromatic heterocycles. The van der Waals surface area contributed by atoms with Crippen molar-refractivity contribution in [3.63, 3.8) is 0 Å².